The van der Waals surface area contributed by atoms with Crippen molar-refractivity contribution in [2.45, 2.75) is 19.8 Å². The lowest BCUT2D eigenvalue weighted by Gasteiger charge is -2.22. The molecule has 4 N–H and O–H groups in total. The maximum absolute atomic E-state index is 9.04. The van der Waals surface area contributed by atoms with Crippen molar-refractivity contribution in [3.8, 4) is 0 Å². The minimum atomic E-state index is 0.0353. The molecule has 0 spiro atoms. The predicted molar refractivity (Wildman–Crippen MR) is 69.5 cm³/mol. The van der Waals surface area contributed by atoms with Gasteiger partial charge in [0.15, 0.2) is 0 Å². The predicted octanol–water partition coefficient (Wildman–Crippen LogP) is 0.964. The Bertz CT molecular complexity index is 367. The van der Waals surface area contributed by atoms with Gasteiger partial charge in [-0.2, -0.15) is 0 Å². The first-order valence-electron chi connectivity index (χ1n) is 5.85. The topological polar surface area (TPSA) is 86.2 Å². The smallest absolute Gasteiger partial charge is 0.129 e. The Kier molecular flexibility index (Phi) is 5.42. The highest BCUT2D eigenvalue weighted by Crippen LogP contribution is 2.13. The molecule has 0 radical (unpaired) electrons. The van der Waals surface area contributed by atoms with Gasteiger partial charge in [-0.05, 0) is 18.6 Å². The Morgan fingerprint density at radius 3 is 2.88 bits per heavy atom. The molecule has 1 heterocycles. The third-order valence-electron chi connectivity index (χ3n) is 2.53. The molecule has 0 aromatic carbocycles. The van der Waals surface area contributed by atoms with Crippen molar-refractivity contribution in [1.29, 1.82) is 5.41 Å². The molecule has 0 aliphatic heterocycles. The molecule has 94 valence electrons. The van der Waals surface area contributed by atoms with Crippen LogP contribution in [0.25, 0.3) is 0 Å². The van der Waals surface area contributed by atoms with Gasteiger partial charge < -0.3 is 15.7 Å². The van der Waals surface area contributed by atoms with Crippen molar-refractivity contribution in [3.63, 3.8) is 0 Å². The number of aliphatic hydroxyl groups is 1. The Balaban J connectivity index is 2.84. The van der Waals surface area contributed by atoms with Crippen LogP contribution in [0.15, 0.2) is 18.3 Å². The van der Waals surface area contributed by atoms with E-state index < -0.39 is 0 Å². The number of anilines is 1. The number of nitrogen functional groups attached to an aromatic ring is 1. The van der Waals surface area contributed by atoms with Crippen LogP contribution in [0.2, 0.25) is 0 Å². The van der Waals surface area contributed by atoms with Gasteiger partial charge in [0.2, 0.25) is 0 Å². The van der Waals surface area contributed by atoms with Crippen molar-refractivity contribution in [2.24, 2.45) is 5.73 Å². The number of nitrogens with zero attached hydrogens (tertiary/aromatic N) is 2. The van der Waals surface area contributed by atoms with Gasteiger partial charge in [0.25, 0.3) is 0 Å². The van der Waals surface area contributed by atoms with E-state index in [1.165, 1.54) is 0 Å². The summed E-state index contributed by atoms with van der Waals surface area (Å²) in [6.07, 6.45) is 3.78. The van der Waals surface area contributed by atoms with Crippen LogP contribution in [-0.4, -0.2) is 35.6 Å². The zero-order valence-electron chi connectivity index (χ0n) is 10.2. The molecule has 1 aromatic rings. The largest absolute Gasteiger partial charge is 0.395 e. The summed E-state index contributed by atoms with van der Waals surface area (Å²) >= 11 is 0. The fourth-order valence-electron chi connectivity index (χ4n) is 1.57. The second kappa shape index (κ2) is 6.85. The molecule has 17 heavy (non-hydrogen) atoms. The van der Waals surface area contributed by atoms with Crippen LogP contribution in [-0.2, 0) is 0 Å². The van der Waals surface area contributed by atoms with E-state index in [1.807, 2.05) is 4.90 Å². The molecule has 0 saturated heterocycles. The molecule has 0 aliphatic carbocycles. The summed E-state index contributed by atoms with van der Waals surface area (Å²) in [6.45, 7) is 3.62. The minimum Gasteiger partial charge on any atom is -0.395 e. The summed E-state index contributed by atoms with van der Waals surface area (Å²) in [4.78, 5) is 6.27. The summed E-state index contributed by atoms with van der Waals surface area (Å²) < 4.78 is 0. The lowest BCUT2D eigenvalue weighted by Crippen LogP contribution is -2.29. The monoisotopic (exact) mass is 236 g/mol. The molecule has 1 rings (SSSR count). The molecular formula is C12H20N4O. The van der Waals surface area contributed by atoms with Crippen LogP contribution in [0.3, 0.4) is 0 Å². The minimum absolute atomic E-state index is 0.0353. The van der Waals surface area contributed by atoms with Gasteiger partial charge >= 0.3 is 0 Å². The molecule has 0 bridgehead atoms. The maximum atomic E-state index is 9.04. The van der Waals surface area contributed by atoms with Crippen molar-refractivity contribution in [3.05, 3.63) is 23.9 Å². The Hall–Kier alpha value is -1.62. The number of rotatable bonds is 7. The highest BCUT2D eigenvalue weighted by molar-refractivity contribution is 5.95. The van der Waals surface area contributed by atoms with Crippen LogP contribution in [0.4, 0.5) is 5.82 Å². The quantitative estimate of drug-likeness (QED) is 0.486. The van der Waals surface area contributed by atoms with E-state index in [2.05, 4.69) is 11.9 Å². The van der Waals surface area contributed by atoms with Crippen LogP contribution in [0.1, 0.15) is 25.3 Å². The standard InChI is InChI=1S/C12H20N4O/c1-2-3-6-16(7-8-17)11-9-10(12(13)14)4-5-15-11/h4-5,9,17H,2-3,6-8H2,1H3,(H3,13,14). The molecule has 5 heteroatoms. The molecular weight excluding hydrogens is 216 g/mol. The second-order valence-corrected chi connectivity index (χ2v) is 3.88. The SMILES string of the molecule is CCCCN(CCO)c1cc(C(=N)N)ccn1. The van der Waals surface area contributed by atoms with Gasteiger partial charge in [-0.25, -0.2) is 4.98 Å². The summed E-state index contributed by atoms with van der Waals surface area (Å²) in [5.41, 5.74) is 6.11. The molecule has 5 nitrogen and oxygen atoms in total. The fourth-order valence-corrected chi connectivity index (χ4v) is 1.57. The van der Waals surface area contributed by atoms with Crippen LogP contribution >= 0.6 is 0 Å². The first-order chi connectivity index (χ1) is 8.19. The number of hydrogen-bond donors (Lipinski definition) is 3. The van der Waals surface area contributed by atoms with Crippen LogP contribution in [0.5, 0.6) is 0 Å². The third kappa shape index (κ3) is 4.03. The fraction of sp³-hybridized carbons (Fsp3) is 0.500. The van der Waals surface area contributed by atoms with Crippen molar-refractivity contribution in [2.75, 3.05) is 24.6 Å². The van der Waals surface area contributed by atoms with Crippen LogP contribution < -0.4 is 10.6 Å². The Labute approximate surface area is 102 Å². The highest BCUT2D eigenvalue weighted by Gasteiger charge is 2.08. The normalized spacial score (nSPS) is 10.2. The van der Waals surface area contributed by atoms with E-state index in [9.17, 15) is 0 Å². The second-order valence-electron chi connectivity index (χ2n) is 3.88. The van der Waals surface area contributed by atoms with E-state index in [-0.39, 0.29) is 12.4 Å². The lowest BCUT2D eigenvalue weighted by atomic mass is 10.2. The first kappa shape index (κ1) is 13.4. The van der Waals surface area contributed by atoms with Crippen molar-refractivity contribution < 1.29 is 5.11 Å². The van der Waals surface area contributed by atoms with E-state index >= 15 is 0 Å². The first-order valence-corrected chi connectivity index (χ1v) is 5.85. The molecule has 0 amide bonds. The molecule has 0 unspecified atom stereocenters. The lowest BCUT2D eigenvalue weighted by molar-refractivity contribution is 0.301. The van der Waals surface area contributed by atoms with Gasteiger partial charge in [0.05, 0.1) is 6.61 Å². The highest BCUT2D eigenvalue weighted by atomic mass is 16.3. The average molecular weight is 236 g/mol. The van der Waals surface area contributed by atoms with Gasteiger partial charge in [0.1, 0.15) is 11.7 Å². The van der Waals surface area contributed by atoms with E-state index in [4.69, 9.17) is 16.2 Å². The number of pyridine rings is 1. The number of hydrogen-bond acceptors (Lipinski definition) is 4. The Morgan fingerprint density at radius 1 is 1.53 bits per heavy atom. The van der Waals surface area contributed by atoms with Gasteiger partial charge in [-0.15, -0.1) is 0 Å². The average Bonchev–Trinajstić information content (AvgIpc) is 2.34. The summed E-state index contributed by atoms with van der Waals surface area (Å²) in [7, 11) is 0. The van der Waals surface area contributed by atoms with Crippen LogP contribution in [0, 0.1) is 5.41 Å². The summed E-state index contributed by atoms with van der Waals surface area (Å²) in [6, 6.07) is 3.50. The van der Waals surface area contributed by atoms with Gasteiger partial charge in [-0.3, -0.25) is 5.41 Å². The number of nitrogens with one attached hydrogen (secondary N) is 1. The zero-order valence-corrected chi connectivity index (χ0v) is 10.2. The summed E-state index contributed by atoms with van der Waals surface area (Å²) in [5.74, 6) is 0.799. The van der Waals surface area contributed by atoms with E-state index in [0.29, 0.717) is 12.1 Å². The summed E-state index contributed by atoms with van der Waals surface area (Å²) in [5, 5.41) is 16.4. The molecule has 0 aliphatic rings. The van der Waals surface area contributed by atoms with E-state index in [1.54, 1.807) is 18.3 Å². The van der Waals surface area contributed by atoms with Gasteiger partial charge in [-0.1, -0.05) is 13.3 Å². The molecule has 0 saturated carbocycles. The number of nitrogens with two attached hydrogens (primary N) is 1. The van der Waals surface area contributed by atoms with Gasteiger partial charge in [0, 0.05) is 24.8 Å². The zero-order chi connectivity index (χ0) is 12.7. The van der Waals surface area contributed by atoms with Crippen molar-refractivity contribution in [1.82, 2.24) is 4.98 Å². The molecule has 1 aromatic heterocycles. The Morgan fingerprint density at radius 2 is 2.29 bits per heavy atom. The number of amidine groups is 1. The number of unbranched alkanes of at least 4 members (excludes halogenated alkanes) is 1. The molecule has 0 fully saturated rings. The maximum Gasteiger partial charge on any atom is 0.129 e. The third-order valence-corrected chi connectivity index (χ3v) is 2.53. The van der Waals surface area contributed by atoms with Crippen molar-refractivity contribution >= 4 is 11.7 Å². The molecule has 0 atom stereocenters. The van der Waals surface area contributed by atoms with E-state index in [0.717, 1.165) is 25.2 Å². The number of aliphatic hydroxyl groups excluding tert-OH is 1. The number of aromatic nitrogens is 1.